The molecule has 1 amide bonds. The molecular weight excluding hydrogens is 340 g/mol. The van der Waals surface area contributed by atoms with Gasteiger partial charge in [-0.05, 0) is 24.3 Å². The molecule has 1 heterocycles. The van der Waals surface area contributed by atoms with Gasteiger partial charge in [-0.2, -0.15) is 5.26 Å². The van der Waals surface area contributed by atoms with E-state index in [0.29, 0.717) is 24.2 Å². The lowest BCUT2D eigenvalue weighted by molar-refractivity contribution is -0.116. The molecule has 1 aliphatic rings. The molecule has 1 fully saturated rings. The average Bonchev–Trinajstić information content (AvgIpc) is 2.73. The Morgan fingerprint density at radius 1 is 1.11 bits per heavy atom. The summed E-state index contributed by atoms with van der Waals surface area (Å²) in [6, 6.07) is 17.2. The lowest BCUT2D eigenvalue weighted by Gasteiger charge is -2.36. The minimum Gasteiger partial charge on any atom is -0.495 e. The first kappa shape index (κ1) is 18.7. The number of anilines is 2. The van der Waals surface area contributed by atoms with E-state index < -0.39 is 0 Å². The quantitative estimate of drug-likeness (QED) is 0.854. The number of nitrogens with zero attached hydrogens (tertiary/aromatic N) is 3. The number of nitriles is 1. The van der Waals surface area contributed by atoms with Gasteiger partial charge in [-0.1, -0.05) is 24.3 Å². The molecule has 0 spiro atoms. The van der Waals surface area contributed by atoms with Crippen molar-refractivity contribution in [1.82, 2.24) is 4.90 Å². The summed E-state index contributed by atoms with van der Waals surface area (Å²) in [6.07, 6.45) is 0.411. The van der Waals surface area contributed by atoms with Crippen molar-refractivity contribution in [3.63, 3.8) is 0 Å². The highest BCUT2D eigenvalue weighted by Crippen LogP contribution is 2.28. The molecule has 0 saturated carbocycles. The van der Waals surface area contributed by atoms with Gasteiger partial charge in [0.25, 0.3) is 0 Å². The van der Waals surface area contributed by atoms with Crippen LogP contribution < -0.4 is 15.0 Å². The molecule has 0 atom stereocenters. The van der Waals surface area contributed by atoms with Crippen LogP contribution in [0.5, 0.6) is 5.75 Å². The Balaban J connectivity index is 1.47. The molecule has 0 radical (unpaired) electrons. The fraction of sp³-hybridized carbons (Fsp3) is 0.333. The number of hydrogen-bond acceptors (Lipinski definition) is 5. The van der Waals surface area contributed by atoms with Gasteiger partial charge in [0.05, 0.1) is 24.0 Å². The van der Waals surface area contributed by atoms with E-state index >= 15 is 0 Å². The predicted molar refractivity (Wildman–Crippen MR) is 106 cm³/mol. The van der Waals surface area contributed by atoms with Crippen molar-refractivity contribution in [2.45, 2.75) is 6.42 Å². The largest absolute Gasteiger partial charge is 0.495 e. The van der Waals surface area contributed by atoms with Crippen LogP contribution in [0.2, 0.25) is 0 Å². The molecule has 2 aromatic carbocycles. The van der Waals surface area contributed by atoms with Gasteiger partial charge >= 0.3 is 0 Å². The molecule has 1 saturated heterocycles. The maximum atomic E-state index is 12.2. The molecular formula is C21H24N4O2. The van der Waals surface area contributed by atoms with Gasteiger partial charge in [-0.25, -0.2) is 0 Å². The monoisotopic (exact) mass is 364 g/mol. The van der Waals surface area contributed by atoms with E-state index in [1.165, 1.54) is 0 Å². The lowest BCUT2D eigenvalue weighted by Crippen LogP contribution is -2.47. The first-order valence-corrected chi connectivity index (χ1v) is 9.10. The molecule has 0 aliphatic carbocycles. The summed E-state index contributed by atoms with van der Waals surface area (Å²) < 4.78 is 5.45. The van der Waals surface area contributed by atoms with Crippen molar-refractivity contribution in [2.75, 3.05) is 50.1 Å². The summed E-state index contributed by atoms with van der Waals surface area (Å²) in [5.41, 5.74) is 2.17. The molecule has 0 bridgehead atoms. The summed E-state index contributed by atoms with van der Waals surface area (Å²) in [7, 11) is 1.69. The summed E-state index contributed by atoms with van der Waals surface area (Å²) in [5, 5.41) is 11.9. The number of para-hydroxylation sites is 3. The van der Waals surface area contributed by atoms with Crippen LogP contribution in [0.1, 0.15) is 12.0 Å². The first-order chi connectivity index (χ1) is 13.2. The topological polar surface area (TPSA) is 68.6 Å². The van der Waals surface area contributed by atoms with Crippen LogP contribution in [0, 0.1) is 11.3 Å². The maximum absolute atomic E-state index is 12.2. The van der Waals surface area contributed by atoms with E-state index in [0.717, 1.165) is 37.6 Å². The number of ether oxygens (including phenoxy) is 1. The molecule has 0 aromatic heterocycles. The van der Waals surface area contributed by atoms with Gasteiger partial charge in [0.1, 0.15) is 11.8 Å². The molecule has 6 nitrogen and oxygen atoms in total. The van der Waals surface area contributed by atoms with E-state index in [1.54, 1.807) is 25.3 Å². The molecule has 1 N–H and O–H groups in total. The first-order valence-electron chi connectivity index (χ1n) is 9.10. The van der Waals surface area contributed by atoms with E-state index in [1.807, 2.05) is 24.3 Å². The second-order valence-corrected chi connectivity index (χ2v) is 6.46. The number of amides is 1. The SMILES string of the molecule is COc1ccccc1N1CCN(CCC(=O)Nc2ccccc2C#N)CC1. The third kappa shape index (κ3) is 4.78. The Hall–Kier alpha value is -3.04. The van der Waals surface area contributed by atoms with Crippen molar-refractivity contribution in [3.8, 4) is 11.8 Å². The van der Waals surface area contributed by atoms with Crippen molar-refractivity contribution < 1.29 is 9.53 Å². The molecule has 6 heteroatoms. The number of piperazine rings is 1. The Morgan fingerprint density at radius 2 is 1.81 bits per heavy atom. The second-order valence-electron chi connectivity index (χ2n) is 6.46. The van der Waals surface area contributed by atoms with Crippen LogP contribution >= 0.6 is 0 Å². The highest BCUT2D eigenvalue weighted by Gasteiger charge is 2.20. The zero-order valence-corrected chi connectivity index (χ0v) is 15.5. The second kappa shape index (κ2) is 9.06. The third-order valence-electron chi connectivity index (χ3n) is 4.77. The van der Waals surface area contributed by atoms with E-state index in [9.17, 15) is 4.79 Å². The number of hydrogen-bond donors (Lipinski definition) is 1. The molecule has 1 aliphatic heterocycles. The standard InChI is InChI=1S/C21H24N4O2/c1-27-20-9-5-4-8-19(20)25-14-12-24(13-15-25)11-10-21(26)23-18-7-3-2-6-17(18)16-22/h2-9H,10-15H2,1H3,(H,23,26). The third-order valence-corrected chi connectivity index (χ3v) is 4.77. The van der Waals surface area contributed by atoms with Crippen LogP contribution in [0.4, 0.5) is 11.4 Å². The van der Waals surface area contributed by atoms with Gasteiger partial charge in [-0.3, -0.25) is 9.69 Å². The van der Waals surface area contributed by atoms with Crippen LogP contribution in [-0.2, 0) is 4.79 Å². The fourth-order valence-electron chi connectivity index (χ4n) is 3.27. The van der Waals surface area contributed by atoms with Crippen molar-refractivity contribution in [3.05, 3.63) is 54.1 Å². The summed E-state index contributed by atoms with van der Waals surface area (Å²) in [4.78, 5) is 16.8. The van der Waals surface area contributed by atoms with Crippen LogP contribution in [-0.4, -0.2) is 50.6 Å². The van der Waals surface area contributed by atoms with Gasteiger partial charge in [0, 0.05) is 39.1 Å². The fourth-order valence-corrected chi connectivity index (χ4v) is 3.27. The molecule has 0 unspecified atom stereocenters. The number of carbonyl (C=O) groups is 1. The van der Waals surface area contributed by atoms with E-state index in [4.69, 9.17) is 10.00 Å². The molecule has 27 heavy (non-hydrogen) atoms. The van der Waals surface area contributed by atoms with Gasteiger partial charge < -0.3 is 15.0 Å². The Kier molecular flexibility index (Phi) is 6.29. The maximum Gasteiger partial charge on any atom is 0.225 e. The van der Waals surface area contributed by atoms with Gasteiger partial charge in [0.15, 0.2) is 0 Å². The van der Waals surface area contributed by atoms with Crippen molar-refractivity contribution in [2.24, 2.45) is 0 Å². The number of carbonyl (C=O) groups excluding carboxylic acids is 1. The lowest BCUT2D eigenvalue weighted by atomic mass is 10.2. The normalized spacial score (nSPS) is 14.4. The number of nitrogens with one attached hydrogen (secondary N) is 1. The van der Waals surface area contributed by atoms with Crippen LogP contribution in [0.25, 0.3) is 0 Å². The van der Waals surface area contributed by atoms with Gasteiger partial charge in [0.2, 0.25) is 5.91 Å². The Bertz CT molecular complexity index is 823. The van der Waals surface area contributed by atoms with E-state index in [-0.39, 0.29) is 5.91 Å². The minimum atomic E-state index is -0.0649. The molecule has 2 aromatic rings. The number of benzene rings is 2. The zero-order valence-electron chi connectivity index (χ0n) is 15.5. The van der Waals surface area contributed by atoms with Gasteiger partial charge in [-0.15, -0.1) is 0 Å². The molecule has 3 rings (SSSR count). The zero-order chi connectivity index (χ0) is 19.1. The summed E-state index contributed by atoms with van der Waals surface area (Å²) in [5.74, 6) is 0.825. The predicted octanol–water partition coefficient (Wildman–Crippen LogP) is 2.72. The smallest absolute Gasteiger partial charge is 0.225 e. The molecule has 140 valence electrons. The van der Waals surface area contributed by atoms with E-state index in [2.05, 4.69) is 27.3 Å². The van der Waals surface area contributed by atoms with Crippen molar-refractivity contribution in [1.29, 1.82) is 5.26 Å². The summed E-state index contributed by atoms with van der Waals surface area (Å²) >= 11 is 0. The average molecular weight is 364 g/mol. The minimum absolute atomic E-state index is 0.0649. The number of methoxy groups -OCH3 is 1. The van der Waals surface area contributed by atoms with Crippen molar-refractivity contribution >= 4 is 17.3 Å². The van der Waals surface area contributed by atoms with Crippen LogP contribution in [0.3, 0.4) is 0 Å². The highest BCUT2D eigenvalue weighted by molar-refractivity contribution is 5.92. The highest BCUT2D eigenvalue weighted by atomic mass is 16.5. The van der Waals surface area contributed by atoms with Crippen LogP contribution in [0.15, 0.2) is 48.5 Å². The Morgan fingerprint density at radius 3 is 2.56 bits per heavy atom. The number of rotatable bonds is 6. The Labute approximate surface area is 160 Å². The summed E-state index contributed by atoms with van der Waals surface area (Å²) in [6.45, 7) is 4.32.